The molecule has 16 nitrogen and oxygen atoms in total. The van der Waals surface area contributed by atoms with Crippen LogP contribution in [0.15, 0.2) is 48.5 Å². The Morgan fingerprint density at radius 3 is 2.24 bits per heavy atom. The lowest BCUT2D eigenvalue weighted by Crippen LogP contribution is -2.56. The molecule has 1 aliphatic rings. The molecule has 0 unspecified atom stereocenters. The Morgan fingerprint density at radius 1 is 0.870 bits per heavy atom. The fourth-order valence-corrected chi connectivity index (χ4v) is 4.71. The molecule has 1 heterocycles. The predicted molar refractivity (Wildman–Crippen MR) is 171 cm³/mol. The van der Waals surface area contributed by atoms with E-state index < -0.39 is 74.0 Å². The number of nitrogens with one attached hydrogen (secondary N) is 5. The number of carbonyl (C=O) groups is 7. The highest BCUT2D eigenvalue weighted by molar-refractivity contribution is 14.1. The number of carbonyl (C=O) groups excluding carboxylic acids is 7. The van der Waals surface area contributed by atoms with E-state index in [1.165, 1.54) is 12.0 Å². The smallest absolute Gasteiger partial charge is 0.407 e. The van der Waals surface area contributed by atoms with E-state index in [0.29, 0.717) is 11.4 Å². The number of urea groups is 1. The molecule has 2 aromatic carbocycles. The fraction of sp³-hybridized carbons (Fsp3) is 0.345. The van der Waals surface area contributed by atoms with E-state index >= 15 is 0 Å². The molecule has 46 heavy (non-hydrogen) atoms. The molecule has 1 saturated heterocycles. The Kier molecular flexibility index (Phi) is 13.5. The number of hydrogen-bond donors (Lipinski definition) is 5. The first-order valence-electron chi connectivity index (χ1n) is 13.9. The summed E-state index contributed by atoms with van der Waals surface area (Å²) in [5.41, 5.74) is 1.20. The molecule has 5 N–H and O–H groups in total. The van der Waals surface area contributed by atoms with Gasteiger partial charge in [-0.2, -0.15) is 0 Å². The summed E-state index contributed by atoms with van der Waals surface area (Å²) in [5, 5.41) is 11.9. The summed E-state index contributed by atoms with van der Waals surface area (Å²) in [6, 6.07) is 12.3. The monoisotopic (exact) mass is 751 g/mol. The number of benzene rings is 2. The Morgan fingerprint density at radius 2 is 1.54 bits per heavy atom. The summed E-state index contributed by atoms with van der Waals surface area (Å²) in [6.45, 7) is -1.71. The van der Waals surface area contributed by atoms with Crippen molar-refractivity contribution < 1.29 is 43.0 Å². The van der Waals surface area contributed by atoms with Crippen molar-refractivity contribution in [1.29, 1.82) is 0 Å². The molecule has 0 aliphatic carbocycles. The van der Waals surface area contributed by atoms with Crippen LogP contribution >= 0.6 is 22.6 Å². The van der Waals surface area contributed by atoms with Crippen LogP contribution in [0.5, 0.6) is 5.75 Å². The largest absolute Gasteiger partial charge is 0.495 e. The van der Waals surface area contributed by atoms with Gasteiger partial charge in [0.25, 0.3) is 0 Å². The van der Waals surface area contributed by atoms with Gasteiger partial charge in [-0.3, -0.25) is 28.9 Å². The van der Waals surface area contributed by atoms with Crippen LogP contribution in [-0.2, 0) is 35.1 Å². The maximum Gasteiger partial charge on any atom is 0.407 e. The fourth-order valence-electron chi connectivity index (χ4n) is 4.23. The van der Waals surface area contributed by atoms with Gasteiger partial charge in [-0.1, -0.05) is 30.3 Å². The van der Waals surface area contributed by atoms with Crippen LogP contribution in [0.25, 0.3) is 0 Å². The second kappa shape index (κ2) is 17.5. The second-order valence-corrected chi connectivity index (χ2v) is 11.0. The number of anilines is 1. The number of ether oxygens (including phenoxy) is 2. The normalized spacial score (nSPS) is 13.3. The number of alkyl carbamates (subject to hydrolysis) is 1. The van der Waals surface area contributed by atoms with E-state index in [0.717, 1.165) is 21.1 Å². The maximum atomic E-state index is 13.2. The lowest BCUT2D eigenvalue weighted by Gasteiger charge is -2.34. The first-order chi connectivity index (χ1) is 22.0. The van der Waals surface area contributed by atoms with Gasteiger partial charge in [0.15, 0.2) is 0 Å². The third kappa shape index (κ3) is 10.6. The highest BCUT2D eigenvalue weighted by atomic mass is 127. The van der Waals surface area contributed by atoms with Crippen molar-refractivity contribution >= 4 is 69.9 Å². The zero-order valence-electron chi connectivity index (χ0n) is 25.1. The predicted octanol–water partition coefficient (Wildman–Crippen LogP) is -0.152. The average Bonchev–Trinajstić information content (AvgIpc) is 3.05. The number of hydrogen-bond acceptors (Lipinski definition) is 9. The quantitative estimate of drug-likeness (QED) is 0.163. The van der Waals surface area contributed by atoms with Gasteiger partial charge in [0.05, 0.1) is 33.0 Å². The van der Waals surface area contributed by atoms with E-state index in [-0.39, 0.29) is 19.4 Å². The highest BCUT2D eigenvalue weighted by Crippen LogP contribution is 2.32. The number of nitrogens with zero attached hydrogens (tertiary/aromatic N) is 2. The van der Waals surface area contributed by atoms with Crippen LogP contribution in [0.1, 0.15) is 12.0 Å². The van der Waals surface area contributed by atoms with Crippen molar-refractivity contribution in [2.75, 3.05) is 52.0 Å². The third-order valence-electron chi connectivity index (χ3n) is 6.56. The van der Waals surface area contributed by atoms with Crippen LogP contribution in [0.2, 0.25) is 0 Å². The Hall–Kier alpha value is -4.94. The van der Waals surface area contributed by atoms with Gasteiger partial charge in [-0.15, -0.1) is 0 Å². The summed E-state index contributed by atoms with van der Waals surface area (Å²) < 4.78 is 10.6. The minimum Gasteiger partial charge on any atom is -0.495 e. The lowest BCUT2D eigenvalue weighted by atomic mass is 10.1. The molecule has 0 bridgehead atoms. The molecule has 17 heteroatoms. The van der Waals surface area contributed by atoms with Crippen molar-refractivity contribution in [2.24, 2.45) is 0 Å². The van der Waals surface area contributed by atoms with Crippen molar-refractivity contribution in [1.82, 2.24) is 31.5 Å². The van der Waals surface area contributed by atoms with Gasteiger partial charge < -0.3 is 36.1 Å². The van der Waals surface area contributed by atoms with Gasteiger partial charge in [-0.25, -0.2) is 14.5 Å². The Balaban J connectivity index is 1.55. The molecule has 246 valence electrons. The minimum absolute atomic E-state index is 0.0239. The second-order valence-electron chi connectivity index (χ2n) is 9.73. The molecule has 1 fully saturated rings. The van der Waals surface area contributed by atoms with E-state index in [9.17, 15) is 33.6 Å². The molecule has 2 aromatic rings. The van der Waals surface area contributed by atoms with Crippen LogP contribution < -0.4 is 36.2 Å². The third-order valence-corrected chi connectivity index (χ3v) is 7.23. The first-order valence-corrected chi connectivity index (χ1v) is 15.0. The van der Waals surface area contributed by atoms with Crippen molar-refractivity contribution in [2.45, 2.75) is 18.9 Å². The van der Waals surface area contributed by atoms with E-state index in [2.05, 4.69) is 53.9 Å². The standard InChI is InChI=1S/C29H34IN7O9/c1-45-22-9-8-19(30)13-21(22)36-11-10-26(41)37(29(36)44)17-34-24(39)14-32-27(42)20(12-18-6-4-3-5-7-18)35-25(40)16-31-23(38)15-33-28(43)46-2/h3-9,13,20H,10-12,14-17H2,1-2H3,(H,31,38)(H,32,42)(H,33,43)(H,34,39)(H,35,40)/t20-/m0/s1. The number of imide groups is 1. The lowest BCUT2D eigenvalue weighted by molar-refractivity contribution is -0.132. The van der Waals surface area contributed by atoms with Crippen LogP contribution in [0.4, 0.5) is 15.3 Å². The van der Waals surface area contributed by atoms with E-state index in [4.69, 9.17) is 4.74 Å². The molecule has 1 aliphatic heterocycles. The van der Waals surface area contributed by atoms with Crippen LogP contribution in [0.3, 0.4) is 0 Å². The Labute approximate surface area is 278 Å². The molecule has 1 atom stereocenters. The molecule has 3 rings (SSSR count). The molecule has 0 radical (unpaired) electrons. The SMILES string of the molecule is COC(=O)NCC(=O)NCC(=O)N[C@@H](Cc1ccccc1)C(=O)NCC(=O)NCN1C(=O)CCN(c2cc(I)ccc2OC)C1=O. The van der Waals surface area contributed by atoms with Crippen molar-refractivity contribution in [3.63, 3.8) is 0 Å². The summed E-state index contributed by atoms with van der Waals surface area (Å²) in [6.07, 6.45) is -0.718. The van der Waals surface area contributed by atoms with Gasteiger partial charge in [0.2, 0.25) is 29.5 Å². The molecule has 0 spiro atoms. The number of methoxy groups -OCH3 is 2. The zero-order chi connectivity index (χ0) is 33.6. The summed E-state index contributed by atoms with van der Waals surface area (Å²) in [7, 11) is 2.61. The average molecular weight is 752 g/mol. The van der Waals surface area contributed by atoms with E-state index in [1.807, 2.05) is 6.07 Å². The Bertz CT molecular complexity index is 1460. The molecular formula is C29H34IN7O9. The van der Waals surface area contributed by atoms with Crippen LogP contribution in [0, 0.1) is 3.57 Å². The van der Waals surface area contributed by atoms with Gasteiger partial charge >= 0.3 is 12.1 Å². The summed E-state index contributed by atoms with van der Waals surface area (Å²) in [4.78, 5) is 89.2. The first kappa shape index (κ1) is 35.5. The minimum atomic E-state index is -1.12. The van der Waals surface area contributed by atoms with Gasteiger partial charge in [-0.05, 0) is 46.4 Å². The highest BCUT2D eigenvalue weighted by Gasteiger charge is 2.34. The summed E-state index contributed by atoms with van der Waals surface area (Å²) in [5.74, 6) is -2.75. The number of rotatable bonds is 14. The van der Waals surface area contributed by atoms with Crippen molar-refractivity contribution in [3.05, 3.63) is 57.7 Å². The number of halogens is 1. The molecule has 0 aromatic heterocycles. The molecule has 0 saturated carbocycles. The molecule has 8 amide bonds. The van der Waals surface area contributed by atoms with Gasteiger partial charge in [0.1, 0.15) is 25.0 Å². The maximum absolute atomic E-state index is 13.2. The zero-order valence-corrected chi connectivity index (χ0v) is 27.3. The number of amides is 8. The van der Waals surface area contributed by atoms with Crippen molar-refractivity contribution in [3.8, 4) is 5.75 Å². The summed E-state index contributed by atoms with van der Waals surface area (Å²) >= 11 is 2.10. The van der Waals surface area contributed by atoms with Gasteiger partial charge in [0, 0.05) is 23.0 Å². The topological polar surface area (TPSA) is 205 Å². The van der Waals surface area contributed by atoms with E-state index in [1.54, 1.807) is 42.5 Å². The van der Waals surface area contributed by atoms with Crippen LogP contribution in [-0.4, -0.2) is 99.7 Å². The molecular weight excluding hydrogens is 717 g/mol.